The SMILES string of the molecule is NC(=S)NN=Cc1ccc(OCC=Cc2ccccc2)cc1. The van der Waals surface area contributed by atoms with E-state index >= 15 is 0 Å². The molecule has 2 aromatic carbocycles. The Hall–Kier alpha value is -2.66. The van der Waals surface area contributed by atoms with E-state index in [2.05, 4.69) is 22.7 Å². The highest BCUT2D eigenvalue weighted by Gasteiger charge is 1.93. The fourth-order valence-electron chi connectivity index (χ4n) is 1.71. The van der Waals surface area contributed by atoms with Crippen molar-refractivity contribution in [2.24, 2.45) is 10.8 Å². The molecule has 0 spiro atoms. The third-order valence-corrected chi connectivity index (χ3v) is 2.82. The third-order valence-electron chi connectivity index (χ3n) is 2.72. The number of ether oxygens (including phenoxy) is 1. The van der Waals surface area contributed by atoms with Gasteiger partial charge in [-0.05, 0) is 53.7 Å². The van der Waals surface area contributed by atoms with Crippen LogP contribution in [0.1, 0.15) is 11.1 Å². The van der Waals surface area contributed by atoms with Crippen LogP contribution >= 0.6 is 12.2 Å². The summed E-state index contributed by atoms with van der Waals surface area (Å²) in [5, 5.41) is 4.03. The second kappa shape index (κ2) is 8.59. The molecule has 0 aromatic heterocycles. The molecule has 0 heterocycles. The van der Waals surface area contributed by atoms with Gasteiger partial charge in [0, 0.05) is 0 Å². The summed E-state index contributed by atoms with van der Waals surface area (Å²) in [5.74, 6) is 0.803. The van der Waals surface area contributed by atoms with Crippen LogP contribution < -0.4 is 15.9 Å². The van der Waals surface area contributed by atoms with Gasteiger partial charge >= 0.3 is 0 Å². The number of hydrogen-bond donors (Lipinski definition) is 2. The maximum absolute atomic E-state index is 5.64. The van der Waals surface area contributed by atoms with Crippen LogP contribution in [0, 0.1) is 0 Å². The van der Waals surface area contributed by atoms with Crippen LogP contribution in [-0.2, 0) is 0 Å². The highest BCUT2D eigenvalue weighted by molar-refractivity contribution is 7.80. The summed E-state index contributed by atoms with van der Waals surface area (Å²) in [5.41, 5.74) is 9.86. The summed E-state index contributed by atoms with van der Waals surface area (Å²) in [7, 11) is 0. The first-order chi connectivity index (χ1) is 10.7. The number of hydrogen-bond acceptors (Lipinski definition) is 3. The normalized spacial score (nSPS) is 10.9. The molecule has 0 unspecified atom stereocenters. The van der Waals surface area contributed by atoms with E-state index in [1.54, 1.807) is 6.21 Å². The van der Waals surface area contributed by atoms with Gasteiger partial charge in [0.15, 0.2) is 5.11 Å². The van der Waals surface area contributed by atoms with Crippen molar-refractivity contribution in [1.29, 1.82) is 0 Å². The lowest BCUT2D eigenvalue weighted by Crippen LogP contribution is -2.23. The van der Waals surface area contributed by atoms with Crippen molar-refractivity contribution in [3.8, 4) is 5.75 Å². The van der Waals surface area contributed by atoms with Crippen LogP contribution in [0.15, 0.2) is 65.8 Å². The van der Waals surface area contributed by atoms with Crippen molar-refractivity contribution in [2.75, 3.05) is 6.61 Å². The number of nitrogens with two attached hydrogens (primary N) is 1. The van der Waals surface area contributed by atoms with E-state index in [0.29, 0.717) is 6.61 Å². The monoisotopic (exact) mass is 311 g/mol. The molecule has 0 saturated carbocycles. The van der Waals surface area contributed by atoms with Crippen LogP contribution in [-0.4, -0.2) is 17.9 Å². The first-order valence-corrected chi connectivity index (χ1v) is 7.18. The predicted octanol–water partition coefficient (Wildman–Crippen LogP) is 2.95. The Morgan fingerprint density at radius 2 is 1.82 bits per heavy atom. The summed E-state index contributed by atoms with van der Waals surface area (Å²) in [4.78, 5) is 0. The van der Waals surface area contributed by atoms with E-state index in [0.717, 1.165) is 16.9 Å². The van der Waals surface area contributed by atoms with Gasteiger partial charge in [-0.2, -0.15) is 5.10 Å². The van der Waals surface area contributed by atoms with Gasteiger partial charge in [-0.1, -0.05) is 36.4 Å². The maximum Gasteiger partial charge on any atom is 0.184 e. The molecular weight excluding hydrogens is 294 g/mol. The fourth-order valence-corrected chi connectivity index (χ4v) is 1.77. The minimum Gasteiger partial charge on any atom is -0.490 e. The van der Waals surface area contributed by atoms with Crippen LogP contribution in [0.25, 0.3) is 6.08 Å². The largest absolute Gasteiger partial charge is 0.490 e. The Morgan fingerprint density at radius 1 is 1.09 bits per heavy atom. The minimum atomic E-state index is 0.140. The van der Waals surface area contributed by atoms with E-state index in [9.17, 15) is 0 Å². The molecule has 2 rings (SSSR count). The number of nitrogens with one attached hydrogen (secondary N) is 1. The summed E-state index contributed by atoms with van der Waals surface area (Å²) in [6, 6.07) is 17.7. The van der Waals surface area contributed by atoms with E-state index in [1.165, 1.54) is 0 Å². The zero-order chi connectivity index (χ0) is 15.6. The first kappa shape index (κ1) is 15.7. The molecule has 0 radical (unpaired) electrons. The summed E-state index contributed by atoms with van der Waals surface area (Å²) < 4.78 is 5.64. The van der Waals surface area contributed by atoms with E-state index in [-0.39, 0.29) is 5.11 Å². The van der Waals surface area contributed by atoms with Crippen LogP contribution in [0.3, 0.4) is 0 Å². The fraction of sp³-hybridized carbons (Fsp3) is 0.0588. The molecule has 0 amide bonds. The topological polar surface area (TPSA) is 59.6 Å². The van der Waals surface area contributed by atoms with E-state index in [4.69, 9.17) is 10.5 Å². The molecular formula is C17H17N3OS. The van der Waals surface area contributed by atoms with Gasteiger partial charge in [0.1, 0.15) is 12.4 Å². The van der Waals surface area contributed by atoms with Gasteiger partial charge in [0.25, 0.3) is 0 Å². The van der Waals surface area contributed by atoms with Crippen LogP contribution in [0.2, 0.25) is 0 Å². The van der Waals surface area contributed by atoms with Crippen molar-refractivity contribution in [2.45, 2.75) is 0 Å². The zero-order valence-electron chi connectivity index (χ0n) is 12.0. The van der Waals surface area contributed by atoms with Gasteiger partial charge < -0.3 is 10.5 Å². The standard InChI is InChI=1S/C17H17N3OS/c18-17(22)20-19-13-15-8-10-16(11-9-15)21-12-4-7-14-5-2-1-3-6-14/h1-11,13H,12H2,(H3,18,20,22). The predicted molar refractivity (Wildman–Crippen MR) is 94.9 cm³/mol. The van der Waals surface area contributed by atoms with Crippen molar-refractivity contribution < 1.29 is 4.74 Å². The molecule has 4 nitrogen and oxygen atoms in total. The summed E-state index contributed by atoms with van der Waals surface area (Å²) >= 11 is 4.65. The molecule has 2 aromatic rings. The molecule has 0 aliphatic rings. The van der Waals surface area contributed by atoms with Crippen molar-refractivity contribution >= 4 is 29.6 Å². The quantitative estimate of drug-likeness (QED) is 0.489. The van der Waals surface area contributed by atoms with E-state index in [1.807, 2.05) is 66.7 Å². The Labute approximate surface area is 135 Å². The Bertz CT molecular complexity index is 651. The lowest BCUT2D eigenvalue weighted by molar-refractivity contribution is 0.363. The molecule has 0 bridgehead atoms. The Morgan fingerprint density at radius 3 is 2.50 bits per heavy atom. The molecule has 5 heteroatoms. The summed E-state index contributed by atoms with van der Waals surface area (Å²) in [6.45, 7) is 0.519. The lowest BCUT2D eigenvalue weighted by Gasteiger charge is -2.03. The Balaban J connectivity index is 1.80. The van der Waals surface area contributed by atoms with E-state index < -0.39 is 0 Å². The molecule has 3 N–H and O–H groups in total. The van der Waals surface area contributed by atoms with Gasteiger partial charge in [-0.15, -0.1) is 0 Å². The highest BCUT2D eigenvalue weighted by atomic mass is 32.1. The van der Waals surface area contributed by atoms with Crippen molar-refractivity contribution in [3.05, 3.63) is 71.8 Å². The van der Waals surface area contributed by atoms with Crippen LogP contribution in [0.4, 0.5) is 0 Å². The lowest BCUT2D eigenvalue weighted by atomic mass is 10.2. The number of thiocarbonyl (C=S) groups is 1. The zero-order valence-corrected chi connectivity index (χ0v) is 12.8. The number of hydrazone groups is 1. The van der Waals surface area contributed by atoms with Crippen molar-refractivity contribution in [3.63, 3.8) is 0 Å². The molecule has 112 valence electrons. The van der Waals surface area contributed by atoms with Gasteiger partial charge in [0.05, 0.1) is 6.21 Å². The number of nitrogens with zero attached hydrogens (tertiary/aromatic N) is 1. The number of rotatable bonds is 6. The Kier molecular flexibility index (Phi) is 6.14. The second-order valence-corrected chi connectivity index (χ2v) is 4.87. The highest BCUT2D eigenvalue weighted by Crippen LogP contribution is 2.11. The van der Waals surface area contributed by atoms with Crippen molar-refractivity contribution in [1.82, 2.24) is 5.43 Å². The molecule has 0 aliphatic heterocycles. The molecule has 0 atom stereocenters. The smallest absolute Gasteiger partial charge is 0.184 e. The molecule has 0 fully saturated rings. The number of benzene rings is 2. The molecule has 22 heavy (non-hydrogen) atoms. The first-order valence-electron chi connectivity index (χ1n) is 6.77. The molecule has 0 saturated heterocycles. The van der Waals surface area contributed by atoms with Gasteiger partial charge in [0.2, 0.25) is 0 Å². The maximum atomic E-state index is 5.64. The third kappa shape index (κ3) is 5.76. The average molecular weight is 311 g/mol. The van der Waals surface area contributed by atoms with Crippen LogP contribution in [0.5, 0.6) is 5.75 Å². The summed E-state index contributed by atoms with van der Waals surface area (Å²) in [6.07, 6.45) is 5.65. The van der Waals surface area contributed by atoms with Gasteiger partial charge in [-0.3, -0.25) is 5.43 Å². The molecule has 0 aliphatic carbocycles. The average Bonchev–Trinajstić information content (AvgIpc) is 2.54. The second-order valence-electron chi connectivity index (χ2n) is 4.43. The minimum absolute atomic E-state index is 0.140. The van der Waals surface area contributed by atoms with Gasteiger partial charge in [-0.25, -0.2) is 0 Å².